The van der Waals surface area contributed by atoms with E-state index in [4.69, 9.17) is 10.8 Å². The summed E-state index contributed by atoms with van der Waals surface area (Å²) in [4.78, 5) is 11.6. The maximum absolute atomic E-state index is 8.75. The highest BCUT2D eigenvalue weighted by Gasteiger charge is 2.11. The minimum atomic E-state index is 0.263. The first-order chi connectivity index (χ1) is 8.72. The first kappa shape index (κ1) is 13.0. The molecule has 2 aromatic rings. The molecular formula is C12H18N4OS. The van der Waals surface area contributed by atoms with Crippen LogP contribution in [-0.2, 0) is 0 Å². The number of anilines is 2. The van der Waals surface area contributed by atoms with Crippen LogP contribution < -0.4 is 10.6 Å². The van der Waals surface area contributed by atoms with Gasteiger partial charge < -0.3 is 15.7 Å². The number of aliphatic hydroxyl groups is 1. The van der Waals surface area contributed by atoms with Crippen molar-refractivity contribution in [1.29, 1.82) is 0 Å². The third-order valence-corrected chi connectivity index (χ3v) is 3.64. The molecule has 5 nitrogen and oxygen atoms in total. The monoisotopic (exact) mass is 266 g/mol. The second kappa shape index (κ2) is 5.97. The van der Waals surface area contributed by atoms with Gasteiger partial charge in [-0.15, -0.1) is 11.3 Å². The molecule has 0 saturated carbocycles. The van der Waals surface area contributed by atoms with Gasteiger partial charge in [0, 0.05) is 20.2 Å². The Morgan fingerprint density at radius 3 is 2.94 bits per heavy atom. The number of nitrogen functional groups attached to an aromatic ring is 1. The van der Waals surface area contributed by atoms with Gasteiger partial charge in [-0.1, -0.05) is 0 Å². The zero-order valence-corrected chi connectivity index (χ0v) is 11.3. The third-order valence-electron chi connectivity index (χ3n) is 2.84. The maximum atomic E-state index is 8.75. The molecule has 98 valence electrons. The van der Waals surface area contributed by atoms with Gasteiger partial charge in [0.05, 0.1) is 5.39 Å². The molecule has 3 N–H and O–H groups in total. The number of rotatable bonds is 6. The number of unbranched alkanes of at least 4 members (excludes halogenated alkanes) is 2. The molecule has 0 aromatic carbocycles. The van der Waals surface area contributed by atoms with Gasteiger partial charge in [0.15, 0.2) is 0 Å². The van der Waals surface area contributed by atoms with Crippen molar-refractivity contribution in [2.75, 3.05) is 30.8 Å². The molecule has 0 spiro atoms. The molecule has 0 radical (unpaired) electrons. The lowest BCUT2D eigenvalue weighted by atomic mass is 10.2. The predicted octanol–water partition coefficient (Wildman–Crippen LogP) is 1.87. The van der Waals surface area contributed by atoms with Crippen molar-refractivity contribution in [2.24, 2.45) is 0 Å². The molecule has 2 rings (SSSR count). The van der Waals surface area contributed by atoms with Crippen LogP contribution in [0.3, 0.4) is 0 Å². The van der Waals surface area contributed by atoms with Crippen molar-refractivity contribution in [3.63, 3.8) is 0 Å². The van der Waals surface area contributed by atoms with Crippen LogP contribution in [0.2, 0.25) is 0 Å². The Balaban J connectivity index is 2.11. The van der Waals surface area contributed by atoms with Crippen LogP contribution in [0.15, 0.2) is 11.4 Å². The van der Waals surface area contributed by atoms with E-state index in [1.54, 1.807) is 11.3 Å². The number of hydrogen-bond acceptors (Lipinski definition) is 6. The van der Waals surface area contributed by atoms with E-state index in [1.807, 2.05) is 18.5 Å². The Morgan fingerprint density at radius 2 is 2.17 bits per heavy atom. The number of nitrogens with zero attached hydrogens (tertiary/aromatic N) is 3. The van der Waals surface area contributed by atoms with E-state index in [0.717, 1.165) is 41.8 Å². The van der Waals surface area contributed by atoms with Gasteiger partial charge in [0.25, 0.3) is 0 Å². The number of hydrogen-bond donors (Lipinski definition) is 2. The van der Waals surface area contributed by atoms with Gasteiger partial charge in [-0.05, 0) is 30.7 Å². The largest absolute Gasteiger partial charge is 0.396 e. The molecule has 2 heterocycles. The van der Waals surface area contributed by atoms with Crippen molar-refractivity contribution in [1.82, 2.24) is 9.97 Å². The summed E-state index contributed by atoms with van der Waals surface area (Å²) >= 11 is 1.57. The zero-order chi connectivity index (χ0) is 13.0. The normalized spacial score (nSPS) is 11.0. The van der Waals surface area contributed by atoms with Crippen molar-refractivity contribution in [2.45, 2.75) is 19.3 Å². The summed E-state index contributed by atoms with van der Waals surface area (Å²) in [5.74, 6) is 1.21. The van der Waals surface area contributed by atoms with E-state index in [2.05, 4.69) is 14.9 Å². The van der Waals surface area contributed by atoms with Crippen LogP contribution in [0.5, 0.6) is 0 Å². The summed E-state index contributed by atoms with van der Waals surface area (Å²) in [6.45, 7) is 1.17. The predicted molar refractivity (Wildman–Crippen MR) is 76.0 cm³/mol. The Morgan fingerprint density at radius 1 is 1.33 bits per heavy atom. The van der Waals surface area contributed by atoms with Crippen LogP contribution in [0.1, 0.15) is 19.3 Å². The van der Waals surface area contributed by atoms with E-state index in [9.17, 15) is 0 Å². The van der Waals surface area contributed by atoms with E-state index >= 15 is 0 Å². The summed E-state index contributed by atoms with van der Waals surface area (Å²) < 4.78 is 0. The first-order valence-corrected chi connectivity index (χ1v) is 6.93. The fourth-order valence-electron chi connectivity index (χ4n) is 1.89. The molecule has 0 atom stereocenters. The molecule has 0 aliphatic carbocycles. The second-order valence-electron chi connectivity index (χ2n) is 4.25. The molecule has 0 fully saturated rings. The van der Waals surface area contributed by atoms with Gasteiger partial charge in [-0.25, -0.2) is 4.98 Å². The minimum Gasteiger partial charge on any atom is -0.396 e. The van der Waals surface area contributed by atoms with Gasteiger partial charge in [0.2, 0.25) is 5.95 Å². The number of fused-ring (bicyclic) bond motifs is 1. The standard InChI is InChI=1S/C12H18N4OS/c1-16(6-3-2-4-7-17)10-9-5-8-18-11(9)15-12(13)14-10/h5,8,17H,2-4,6-7H2,1H3,(H2,13,14,15). The molecule has 2 aromatic heterocycles. The molecule has 0 aliphatic rings. The van der Waals surface area contributed by atoms with Crippen LogP contribution in [0, 0.1) is 0 Å². The van der Waals surface area contributed by atoms with Crippen LogP contribution in [0.4, 0.5) is 11.8 Å². The number of aliphatic hydroxyl groups excluding tert-OH is 1. The number of aromatic nitrogens is 2. The molecule has 0 amide bonds. The number of thiophene rings is 1. The molecule has 6 heteroatoms. The van der Waals surface area contributed by atoms with Gasteiger partial charge in [0.1, 0.15) is 10.6 Å². The smallest absolute Gasteiger partial charge is 0.223 e. The van der Waals surface area contributed by atoms with E-state index in [1.165, 1.54) is 0 Å². The third kappa shape index (κ3) is 2.88. The molecule has 0 unspecified atom stereocenters. The highest BCUT2D eigenvalue weighted by Crippen LogP contribution is 2.27. The van der Waals surface area contributed by atoms with Crippen molar-refractivity contribution < 1.29 is 5.11 Å². The van der Waals surface area contributed by atoms with Crippen LogP contribution in [-0.4, -0.2) is 35.3 Å². The van der Waals surface area contributed by atoms with Crippen molar-refractivity contribution >= 4 is 33.3 Å². The second-order valence-corrected chi connectivity index (χ2v) is 5.15. The van der Waals surface area contributed by atoms with Crippen LogP contribution in [0.25, 0.3) is 10.2 Å². The average molecular weight is 266 g/mol. The lowest BCUT2D eigenvalue weighted by Crippen LogP contribution is -2.20. The summed E-state index contributed by atoms with van der Waals surface area (Å²) in [6, 6.07) is 2.03. The maximum Gasteiger partial charge on any atom is 0.223 e. The minimum absolute atomic E-state index is 0.263. The topological polar surface area (TPSA) is 75.3 Å². The lowest BCUT2D eigenvalue weighted by Gasteiger charge is -2.19. The Hall–Kier alpha value is -1.40. The zero-order valence-electron chi connectivity index (χ0n) is 10.5. The lowest BCUT2D eigenvalue weighted by molar-refractivity contribution is 0.283. The van der Waals surface area contributed by atoms with Crippen LogP contribution >= 0.6 is 11.3 Å². The van der Waals surface area contributed by atoms with Gasteiger partial charge in [-0.3, -0.25) is 0 Å². The summed E-state index contributed by atoms with van der Waals surface area (Å²) in [5, 5.41) is 11.8. The van der Waals surface area contributed by atoms with E-state index < -0.39 is 0 Å². The highest BCUT2D eigenvalue weighted by atomic mass is 32.1. The molecular weight excluding hydrogens is 248 g/mol. The molecule has 0 saturated heterocycles. The number of nitrogens with two attached hydrogens (primary N) is 1. The molecule has 0 aliphatic heterocycles. The molecule has 0 bridgehead atoms. The SMILES string of the molecule is CN(CCCCCO)c1nc(N)nc2sccc12. The quantitative estimate of drug-likeness (QED) is 0.781. The van der Waals surface area contributed by atoms with Crippen molar-refractivity contribution in [3.8, 4) is 0 Å². The summed E-state index contributed by atoms with van der Waals surface area (Å²) in [5.41, 5.74) is 5.72. The molecule has 18 heavy (non-hydrogen) atoms. The Labute approximate surface area is 110 Å². The Bertz CT molecular complexity index is 514. The fourth-order valence-corrected chi connectivity index (χ4v) is 2.66. The van der Waals surface area contributed by atoms with Gasteiger partial charge in [-0.2, -0.15) is 4.98 Å². The summed E-state index contributed by atoms with van der Waals surface area (Å²) in [6.07, 6.45) is 2.91. The Kier molecular flexibility index (Phi) is 4.33. The van der Waals surface area contributed by atoms with E-state index in [-0.39, 0.29) is 6.61 Å². The first-order valence-electron chi connectivity index (χ1n) is 6.05. The van der Waals surface area contributed by atoms with E-state index in [0.29, 0.717) is 5.95 Å². The van der Waals surface area contributed by atoms with Crippen molar-refractivity contribution in [3.05, 3.63) is 11.4 Å². The average Bonchev–Trinajstić information content (AvgIpc) is 2.81. The highest BCUT2D eigenvalue weighted by molar-refractivity contribution is 7.16. The fraction of sp³-hybridized carbons (Fsp3) is 0.500. The summed E-state index contributed by atoms with van der Waals surface area (Å²) in [7, 11) is 2.01. The van der Waals surface area contributed by atoms with Gasteiger partial charge >= 0.3 is 0 Å².